The van der Waals surface area contributed by atoms with Crippen LogP contribution in [0.15, 0.2) is 0 Å². The molecular weight excluding hydrogens is 212 g/mol. The maximum atomic E-state index is 12.0. The fourth-order valence-electron chi connectivity index (χ4n) is 1.66. The Morgan fingerprint density at radius 2 is 1.93 bits per heavy atom. The van der Waals surface area contributed by atoms with Gasteiger partial charge in [-0.3, -0.25) is 0 Å². The van der Waals surface area contributed by atoms with Crippen LogP contribution in [0.25, 0.3) is 0 Å². The van der Waals surface area contributed by atoms with Crippen molar-refractivity contribution in [2.24, 2.45) is 0 Å². The van der Waals surface area contributed by atoms with Gasteiger partial charge in [0.15, 0.2) is 0 Å². The van der Waals surface area contributed by atoms with Crippen LogP contribution in [0, 0.1) is 0 Å². The van der Waals surface area contributed by atoms with Crippen molar-refractivity contribution in [2.75, 3.05) is 13.6 Å². The average Bonchev–Trinajstić information content (AvgIpc) is 3.03. The SMILES string of the molecule is CC(CNC1CC1)S(=O)(=O)N(C)C1CC1. The van der Waals surface area contributed by atoms with Crippen LogP contribution in [-0.2, 0) is 10.0 Å². The summed E-state index contributed by atoms with van der Waals surface area (Å²) in [5.41, 5.74) is 0. The second kappa shape index (κ2) is 4.03. The predicted molar refractivity (Wildman–Crippen MR) is 60.2 cm³/mol. The highest BCUT2D eigenvalue weighted by Gasteiger charge is 2.37. The molecule has 0 spiro atoms. The van der Waals surface area contributed by atoms with Crippen molar-refractivity contribution in [1.82, 2.24) is 9.62 Å². The first-order valence-electron chi connectivity index (χ1n) is 5.72. The van der Waals surface area contributed by atoms with Crippen LogP contribution in [0.5, 0.6) is 0 Å². The molecule has 4 nitrogen and oxygen atoms in total. The van der Waals surface area contributed by atoms with Crippen LogP contribution >= 0.6 is 0 Å². The maximum absolute atomic E-state index is 12.0. The minimum absolute atomic E-state index is 0.276. The molecular formula is C10H20N2O2S. The number of nitrogens with zero attached hydrogens (tertiary/aromatic N) is 1. The number of hydrogen-bond donors (Lipinski definition) is 1. The Morgan fingerprint density at radius 1 is 1.33 bits per heavy atom. The van der Waals surface area contributed by atoms with E-state index in [1.165, 1.54) is 12.8 Å². The molecule has 15 heavy (non-hydrogen) atoms. The minimum Gasteiger partial charge on any atom is -0.313 e. The molecule has 2 saturated carbocycles. The van der Waals surface area contributed by atoms with Gasteiger partial charge in [-0.25, -0.2) is 12.7 Å². The Kier molecular flexibility index (Phi) is 3.05. The first-order valence-corrected chi connectivity index (χ1v) is 7.22. The van der Waals surface area contributed by atoms with Gasteiger partial charge >= 0.3 is 0 Å². The van der Waals surface area contributed by atoms with Gasteiger partial charge in [-0.2, -0.15) is 0 Å². The van der Waals surface area contributed by atoms with Crippen molar-refractivity contribution in [3.63, 3.8) is 0 Å². The minimum atomic E-state index is -3.07. The van der Waals surface area contributed by atoms with E-state index in [0.717, 1.165) is 12.8 Å². The lowest BCUT2D eigenvalue weighted by Crippen LogP contribution is -2.41. The molecule has 88 valence electrons. The van der Waals surface area contributed by atoms with Gasteiger partial charge in [0.2, 0.25) is 10.0 Å². The molecule has 5 heteroatoms. The van der Waals surface area contributed by atoms with Crippen molar-refractivity contribution < 1.29 is 8.42 Å². The second-order valence-electron chi connectivity index (χ2n) is 4.79. The number of nitrogens with one attached hydrogen (secondary N) is 1. The van der Waals surface area contributed by atoms with Crippen molar-refractivity contribution in [1.29, 1.82) is 0 Å². The molecule has 0 heterocycles. The van der Waals surface area contributed by atoms with Crippen molar-refractivity contribution >= 4 is 10.0 Å². The van der Waals surface area contributed by atoms with Gasteiger partial charge in [0, 0.05) is 25.7 Å². The zero-order chi connectivity index (χ0) is 11.1. The highest BCUT2D eigenvalue weighted by molar-refractivity contribution is 7.89. The number of hydrogen-bond acceptors (Lipinski definition) is 3. The van der Waals surface area contributed by atoms with E-state index in [9.17, 15) is 8.42 Å². The van der Waals surface area contributed by atoms with E-state index in [1.807, 2.05) is 0 Å². The first kappa shape index (κ1) is 11.4. The number of sulfonamides is 1. The topological polar surface area (TPSA) is 49.4 Å². The van der Waals surface area contributed by atoms with E-state index in [2.05, 4.69) is 5.32 Å². The quantitative estimate of drug-likeness (QED) is 0.727. The summed E-state index contributed by atoms with van der Waals surface area (Å²) in [6.07, 6.45) is 4.45. The molecule has 0 aromatic rings. The molecule has 2 fully saturated rings. The van der Waals surface area contributed by atoms with Crippen molar-refractivity contribution in [3.05, 3.63) is 0 Å². The molecule has 2 aliphatic rings. The molecule has 0 aromatic carbocycles. The standard InChI is InChI=1S/C10H20N2O2S/c1-8(7-11-9-3-4-9)15(13,14)12(2)10-5-6-10/h8-11H,3-7H2,1-2H3. The van der Waals surface area contributed by atoms with Crippen molar-refractivity contribution in [2.45, 2.75) is 49.9 Å². The van der Waals surface area contributed by atoms with Gasteiger partial charge in [-0.15, -0.1) is 0 Å². The Labute approximate surface area is 92.1 Å². The van der Waals surface area contributed by atoms with E-state index >= 15 is 0 Å². The fraction of sp³-hybridized carbons (Fsp3) is 1.00. The Morgan fingerprint density at radius 3 is 2.40 bits per heavy atom. The maximum Gasteiger partial charge on any atom is 0.217 e. The molecule has 1 unspecified atom stereocenters. The third-order valence-electron chi connectivity index (χ3n) is 3.24. The third-order valence-corrected chi connectivity index (χ3v) is 5.53. The zero-order valence-corrected chi connectivity index (χ0v) is 10.3. The Hall–Kier alpha value is -0.130. The molecule has 2 rings (SSSR count). The van der Waals surface area contributed by atoms with E-state index in [0.29, 0.717) is 12.6 Å². The van der Waals surface area contributed by atoms with Gasteiger partial charge in [-0.1, -0.05) is 0 Å². The lowest BCUT2D eigenvalue weighted by atomic mass is 10.4. The van der Waals surface area contributed by atoms with Crippen LogP contribution < -0.4 is 5.32 Å². The van der Waals surface area contributed by atoms with E-state index in [1.54, 1.807) is 18.3 Å². The number of rotatable bonds is 6. The van der Waals surface area contributed by atoms with E-state index in [-0.39, 0.29) is 11.3 Å². The summed E-state index contributed by atoms with van der Waals surface area (Å²) < 4.78 is 25.6. The molecule has 0 aliphatic heterocycles. The lowest BCUT2D eigenvalue weighted by molar-refractivity contribution is 0.451. The largest absolute Gasteiger partial charge is 0.313 e. The lowest BCUT2D eigenvalue weighted by Gasteiger charge is -2.21. The average molecular weight is 232 g/mol. The molecule has 2 aliphatic carbocycles. The van der Waals surface area contributed by atoms with Gasteiger partial charge in [0.25, 0.3) is 0 Å². The highest BCUT2D eigenvalue weighted by Crippen LogP contribution is 2.29. The summed E-state index contributed by atoms with van der Waals surface area (Å²) >= 11 is 0. The molecule has 0 amide bonds. The van der Waals surface area contributed by atoms with Crippen molar-refractivity contribution in [3.8, 4) is 0 Å². The molecule has 0 aromatic heterocycles. The van der Waals surface area contributed by atoms with Gasteiger partial charge in [0.05, 0.1) is 5.25 Å². The second-order valence-corrected chi connectivity index (χ2v) is 7.20. The zero-order valence-electron chi connectivity index (χ0n) is 9.44. The molecule has 1 N–H and O–H groups in total. The van der Waals surface area contributed by atoms with Gasteiger partial charge in [-0.05, 0) is 32.6 Å². The molecule has 0 radical (unpaired) electrons. The summed E-state index contributed by atoms with van der Waals surface area (Å²) in [6, 6.07) is 0.854. The summed E-state index contributed by atoms with van der Waals surface area (Å²) in [6.45, 7) is 2.38. The van der Waals surface area contributed by atoms with Crippen LogP contribution in [0.3, 0.4) is 0 Å². The third kappa shape index (κ3) is 2.71. The normalized spacial score (nSPS) is 24.5. The van der Waals surface area contributed by atoms with Gasteiger partial charge in [0.1, 0.15) is 0 Å². The Balaban J connectivity index is 1.87. The summed E-state index contributed by atoms with van der Waals surface area (Å²) in [4.78, 5) is 0. The highest BCUT2D eigenvalue weighted by atomic mass is 32.2. The van der Waals surface area contributed by atoms with Crippen LogP contribution in [-0.4, -0.2) is 43.6 Å². The van der Waals surface area contributed by atoms with Crippen LogP contribution in [0.1, 0.15) is 32.6 Å². The first-order chi connectivity index (χ1) is 7.01. The summed E-state index contributed by atoms with van der Waals surface area (Å²) in [7, 11) is -1.36. The fourth-order valence-corrected chi connectivity index (χ4v) is 3.16. The summed E-state index contributed by atoms with van der Waals surface area (Å²) in [5, 5.41) is 2.97. The smallest absolute Gasteiger partial charge is 0.217 e. The van der Waals surface area contributed by atoms with E-state index in [4.69, 9.17) is 0 Å². The molecule has 0 bridgehead atoms. The monoisotopic (exact) mass is 232 g/mol. The summed E-state index contributed by atoms with van der Waals surface area (Å²) in [5.74, 6) is 0. The van der Waals surface area contributed by atoms with E-state index < -0.39 is 10.0 Å². The van der Waals surface area contributed by atoms with Gasteiger partial charge < -0.3 is 5.32 Å². The molecule has 1 atom stereocenters. The predicted octanol–water partition coefficient (Wildman–Crippen LogP) is 0.551. The van der Waals surface area contributed by atoms with Crippen LogP contribution in [0.4, 0.5) is 0 Å². The molecule has 0 saturated heterocycles. The van der Waals surface area contributed by atoms with Crippen LogP contribution in [0.2, 0.25) is 0 Å². The Bertz CT molecular complexity index is 320.